The van der Waals surface area contributed by atoms with Crippen molar-refractivity contribution in [1.29, 1.82) is 0 Å². The first kappa shape index (κ1) is 26.7. The lowest BCUT2D eigenvalue weighted by Crippen LogP contribution is -2.52. The SMILES string of the molecule is CC(C)(C)OC(=O)N(c1cccc(F)c1)c1cc(NC2CN(C(=O)O)CCC2O)nc2c(C3CCC3)cnn12. The third-order valence-electron chi connectivity index (χ3n) is 7.08. The fourth-order valence-corrected chi connectivity index (χ4v) is 4.90. The van der Waals surface area contributed by atoms with Crippen LogP contribution < -0.4 is 10.2 Å². The topological polar surface area (TPSA) is 133 Å². The van der Waals surface area contributed by atoms with Crippen molar-refractivity contribution < 1.29 is 28.9 Å². The quantitative estimate of drug-likeness (QED) is 0.423. The van der Waals surface area contributed by atoms with Gasteiger partial charge in [-0.2, -0.15) is 9.61 Å². The maximum Gasteiger partial charge on any atom is 0.420 e. The Balaban J connectivity index is 1.63. The lowest BCUT2D eigenvalue weighted by molar-refractivity contribution is 0.0595. The highest BCUT2D eigenvalue weighted by atomic mass is 19.1. The fraction of sp³-hybridized carbons (Fsp3) is 0.481. The van der Waals surface area contributed by atoms with Gasteiger partial charge in [0, 0.05) is 24.7 Å². The van der Waals surface area contributed by atoms with Crippen molar-refractivity contribution in [2.45, 2.75) is 70.1 Å². The highest BCUT2D eigenvalue weighted by Gasteiger charge is 2.33. The first-order valence-corrected chi connectivity index (χ1v) is 13.1. The maximum absolute atomic E-state index is 14.3. The number of hydrogen-bond donors (Lipinski definition) is 3. The van der Waals surface area contributed by atoms with Crippen LogP contribution in [0.15, 0.2) is 36.5 Å². The molecule has 1 saturated carbocycles. The molecule has 3 heterocycles. The van der Waals surface area contributed by atoms with Gasteiger partial charge in [-0.3, -0.25) is 0 Å². The van der Waals surface area contributed by atoms with E-state index in [1.54, 1.807) is 39.1 Å². The van der Waals surface area contributed by atoms with Gasteiger partial charge in [-0.25, -0.2) is 23.9 Å². The van der Waals surface area contributed by atoms with Crippen molar-refractivity contribution in [1.82, 2.24) is 19.5 Å². The van der Waals surface area contributed by atoms with Gasteiger partial charge in [0.05, 0.1) is 24.0 Å². The zero-order valence-corrected chi connectivity index (χ0v) is 22.2. The summed E-state index contributed by atoms with van der Waals surface area (Å²) in [5.74, 6) is 0.317. The van der Waals surface area contributed by atoms with Crippen LogP contribution in [0.3, 0.4) is 0 Å². The average Bonchev–Trinajstić information content (AvgIpc) is 3.22. The van der Waals surface area contributed by atoms with Crippen molar-refractivity contribution in [3.8, 4) is 0 Å². The summed E-state index contributed by atoms with van der Waals surface area (Å²) in [6.07, 6.45) is 2.48. The van der Waals surface area contributed by atoms with Gasteiger partial charge >= 0.3 is 12.2 Å². The second-order valence-corrected chi connectivity index (χ2v) is 11.1. The number of rotatable bonds is 5. The monoisotopic (exact) mass is 540 g/mol. The number of likely N-dealkylation sites (tertiary alicyclic amines) is 1. The van der Waals surface area contributed by atoms with Gasteiger partial charge in [-0.15, -0.1) is 0 Å². The molecule has 2 fully saturated rings. The molecule has 39 heavy (non-hydrogen) atoms. The number of carbonyl (C=O) groups is 2. The Kier molecular flexibility index (Phi) is 7.06. The van der Waals surface area contributed by atoms with Crippen molar-refractivity contribution in [3.63, 3.8) is 0 Å². The Bertz CT molecular complexity index is 1380. The molecule has 2 atom stereocenters. The summed E-state index contributed by atoms with van der Waals surface area (Å²) < 4.78 is 21.6. The summed E-state index contributed by atoms with van der Waals surface area (Å²) in [5, 5.41) is 27.9. The molecule has 2 aliphatic rings. The van der Waals surface area contributed by atoms with E-state index in [1.807, 2.05) is 0 Å². The zero-order chi connectivity index (χ0) is 27.9. The number of anilines is 3. The van der Waals surface area contributed by atoms with Crippen molar-refractivity contribution in [3.05, 3.63) is 47.9 Å². The molecule has 12 heteroatoms. The van der Waals surface area contributed by atoms with Crippen LogP contribution in [0.1, 0.15) is 57.9 Å². The zero-order valence-electron chi connectivity index (χ0n) is 22.2. The summed E-state index contributed by atoms with van der Waals surface area (Å²) >= 11 is 0. The summed E-state index contributed by atoms with van der Waals surface area (Å²) in [6.45, 7) is 5.51. The lowest BCUT2D eigenvalue weighted by Gasteiger charge is -2.35. The number of hydrogen-bond acceptors (Lipinski definition) is 7. The molecule has 0 bridgehead atoms. The lowest BCUT2D eigenvalue weighted by atomic mass is 9.81. The Labute approximate surface area is 225 Å². The predicted octanol–water partition coefficient (Wildman–Crippen LogP) is 4.73. The van der Waals surface area contributed by atoms with Crippen LogP contribution in [0.5, 0.6) is 0 Å². The third-order valence-corrected chi connectivity index (χ3v) is 7.08. The van der Waals surface area contributed by atoms with Crippen LogP contribution in [0, 0.1) is 5.82 Å². The van der Waals surface area contributed by atoms with Gasteiger partial charge in [0.1, 0.15) is 23.1 Å². The summed E-state index contributed by atoms with van der Waals surface area (Å²) in [6, 6.07) is 6.56. The largest absolute Gasteiger partial charge is 0.465 e. The van der Waals surface area contributed by atoms with E-state index in [0.29, 0.717) is 11.5 Å². The number of nitrogens with zero attached hydrogens (tertiary/aromatic N) is 5. The molecule has 3 N–H and O–H groups in total. The number of nitrogens with one attached hydrogen (secondary N) is 1. The minimum Gasteiger partial charge on any atom is -0.465 e. The molecule has 1 aliphatic heterocycles. The van der Waals surface area contributed by atoms with Crippen molar-refractivity contribution in [2.24, 2.45) is 0 Å². The Morgan fingerprint density at radius 1 is 1.21 bits per heavy atom. The molecule has 0 spiro atoms. The smallest absolute Gasteiger partial charge is 0.420 e. The molecule has 1 aliphatic carbocycles. The van der Waals surface area contributed by atoms with E-state index in [2.05, 4.69) is 10.4 Å². The molecule has 2 unspecified atom stereocenters. The summed E-state index contributed by atoms with van der Waals surface area (Å²) in [7, 11) is 0. The van der Waals surface area contributed by atoms with Crippen molar-refractivity contribution in [2.75, 3.05) is 23.3 Å². The number of benzene rings is 1. The van der Waals surface area contributed by atoms with E-state index in [9.17, 15) is 24.2 Å². The Morgan fingerprint density at radius 2 is 1.97 bits per heavy atom. The molecule has 2 aromatic heterocycles. The van der Waals surface area contributed by atoms with Gasteiger partial charge in [0.25, 0.3) is 0 Å². The number of carbonyl (C=O) groups excluding carboxylic acids is 1. The van der Waals surface area contributed by atoms with E-state index in [1.165, 1.54) is 32.5 Å². The number of aromatic nitrogens is 3. The van der Waals surface area contributed by atoms with Crippen LogP contribution in [0.25, 0.3) is 5.65 Å². The highest BCUT2D eigenvalue weighted by Crippen LogP contribution is 2.40. The molecular weight excluding hydrogens is 507 g/mol. The molecule has 208 valence electrons. The van der Waals surface area contributed by atoms with Gasteiger partial charge in [0.2, 0.25) is 0 Å². The third kappa shape index (κ3) is 5.60. The number of aliphatic hydroxyl groups is 1. The first-order chi connectivity index (χ1) is 18.5. The molecule has 0 radical (unpaired) electrons. The normalized spacial score (nSPS) is 20.0. The van der Waals surface area contributed by atoms with Gasteiger partial charge in [-0.1, -0.05) is 12.5 Å². The standard InChI is InChI=1S/C27H33FN6O5/c1-27(2,3)39-26(38)33(18-9-5-8-17(28)12-18)23-13-22(30-20-15-32(25(36)37)11-10-21(20)35)31-24-19(14-29-34(23)24)16-6-4-7-16/h5,8-9,12-14,16,20-21,35H,4,6-7,10-11,15H2,1-3H3,(H,30,31)(H,36,37). The van der Waals surface area contributed by atoms with Crippen LogP contribution >= 0.6 is 0 Å². The van der Waals surface area contributed by atoms with E-state index in [-0.39, 0.29) is 36.9 Å². The second-order valence-electron chi connectivity index (χ2n) is 11.1. The maximum atomic E-state index is 14.3. The molecule has 11 nitrogen and oxygen atoms in total. The number of halogens is 1. The molecule has 1 saturated heterocycles. The highest BCUT2D eigenvalue weighted by molar-refractivity contribution is 5.96. The summed E-state index contributed by atoms with van der Waals surface area (Å²) in [4.78, 5) is 32.4. The van der Waals surface area contributed by atoms with E-state index < -0.39 is 35.8 Å². The van der Waals surface area contributed by atoms with E-state index in [4.69, 9.17) is 9.72 Å². The Hall–Kier alpha value is -3.93. The Morgan fingerprint density at radius 3 is 2.62 bits per heavy atom. The predicted molar refractivity (Wildman–Crippen MR) is 142 cm³/mol. The van der Waals surface area contributed by atoms with E-state index >= 15 is 0 Å². The van der Waals surface area contributed by atoms with Crippen LogP contribution in [-0.2, 0) is 4.74 Å². The van der Waals surface area contributed by atoms with Gasteiger partial charge < -0.3 is 25.2 Å². The molecular formula is C27H33FN6O5. The minimum atomic E-state index is -1.07. The number of carboxylic acid groups (broad SMARTS) is 1. The summed E-state index contributed by atoms with van der Waals surface area (Å²) in [5.41, 5.74) is 0.845. The second kappa shape index (κ2) is 10.3. The number of aliphatic hydroxyl groups excluding tert-OH is 1. The number of ether oxygens (including phenoxy) is 1. The van der Waals surface area contributed by atoms with E-state index in [0.717, 1.165) is 24.8 Å². The van der Waals surface area contributed by atoms with Crippen LogP contribution in [0.2, 0.25) is 0 Å². The van der Waals surface area contributed by atoms with Crippen molar-refractivity contribution >= 4 is 35.2 Å². The molecule has 5 rings (SSSR count). The molecule has 1 aromatic carbocycles. The number of amides is 2. The molecule has 2 amide bonds. The van der Waals surface area contributed by atoms with Gasteiger partial charge in [-0.05, 0) is 64.2 Å². The first-order valence-electron chi connectivity index (χ1n) is 13.1. The fourth-order valence-electron chi connectivity index (χ4n) is 4.90. The van der Waals surface area contributed by atoms with Crippen LogP contribution in [0.4, 0.5) is 31.3 Å². The molecule has 3 aromatic rings. The van der Waals surface area contributed by atoms with Gasteiger partial charge in [0.15, 0.2) is 5.65 Å². The number of piperidine rings is 1. The number of fused-ring (bicyclic) bond motifs is 1. The minimum absolute atomic E-state index is 0.0626. The van der Waals surface area contributed by atoms with Crippen LogP contribution in [-0.4, -0.2) is 72.7 Å². The average molecular weight is 541 g/mol.